The minimum Gasteiger partial charge on any atom is -0.353 e. The van der Waals surface area contributed by atoms with E-state index >= 15 is 0 Å². The summed E-state index contributed by atoms with van der Waals surface area (Å²) in [6.07, 6.45) is 4.35. The van der Waals surface area contributed by atoms with E-state index < -0.39 is 0 Å². The Morgan fingerprint density at radius 3 is 2.14 bits per heavy atom. The fourth-order valence-electron chi connectivity index (χ4n) is 5.53. The van der Waals surface area contributed by atoms with E-state index in [-0.39, 0.29) is 40.6 Å². The molecule has 1 aliphatic heterocycles. The van der Waals surface area contributed by atoms with Crippen molar-refractivity contribution in [3.05, 3.63) is 128 Å². The molecule has 0 spiro atoms. The quantitative estimate of drug-likeness (QED) is 0.0725. The average Bonchev–Trinajstić information content (AvgIpc) is 3.83. The first kappa shape index (κ1) is 45.8. The summed E-state index contributed by atoms with van der Waals surface area (Å²) >= 11 is 1.84. The molecule has 0 aliphatic carbocycles. The van der Waals surface area contributed by atoms with Crippen LogP contribution in [0.2, 0.25) is 0 Å². The van der Waals surface area contributed by atoms with Gasteiger partial charge in [-0.05, 0) is 144 Å². The van der Waals surface area contributed by atoms with Gasteiger partial charge in [0.15, 0.2) is 16.7 Å². The van der Waals surface area contributed by atoms with Crippen molar-refractivity contribution in [1.82, 2.24) is 20.1 Å². The molecule has 4 aromatic carbocycles. The number of fused-ring (bicyclic) bond motifs is 1. The van der Waals surface area contributed by atoms with E-state index in [0.29, 0.717) is 37.9 Å². The van der Waals surface area contributed by atoms with Crippen LogP contribution in [0.3, 0.4) is 0 Å². The van der Waals surface area contributed by atoms with Crippen molar-refractivity contribution in [2.45, 2.75) is 72.9 Å². The standard InChI is InChI=1S/C16H21NO2S.C15H14N4O2.C13H12FNO2S/c1-5-13-6-8-14(9-7-13)10-15(20-11-18)16(19)17(4)12(2)3;1-9(2)10-5-3-4-6-11(10)16-12-7-8-13(17-20)15-14(12)18-21-19-15;1-8(2)15-12(16)11(18-13(15)17)7-9-3-5-10(14)6-4-9/h6-12H,5H2,1-4H3;3-9,16H,1-2H3;3-8H,1-2H3/b15-10-;;11-7-. The van der Waals surface area contributed by atoms with Crippen molar-refractivity contribution >= 4 is 86.4 Å². The molecule has 2 heterocycles. The second kappa shape index (κ2) is 21.7. The highest BCUT2D eigenvalue weighted by atomic mass is 32.2. The predicted molar refractivity (Wildman–Crippen MR) is 236 cm³/mol. The Kier molecular flexibility index (Phi) is 16.9. The van der Waals surface area contributed by atoms with Gasteiger partial charge in [0.05, 0.1) is 15.5 Å². The van der Waals surface area contributed by atoms with Crippen LogP contribution in [0, 0.1) is 10.7 Å². The van der Waals surface area contributed by atoms with Crippen LogP contribution in [-0.4, -0.2) is 61.9 Å². The highest BCUT2D eigenvalue weighted by Crippen LogP contribution is 2.35. The maximum absolute atomic E-state index is 12.8. The summed E-state index contributed by atoms with van der Waals surface area (Å²) in [7, 11) is 1.74. The number of likely N-dealkylation sites (N-methyl/N-ethyl adjacent to an activating group) is 1. The van der Waals surface area contributed by atoms with Gasteiger partial charge in [-0.25, -0.2) is 9.02 Å². The molecule has 6 rings (SSSR count). The fourth-order valence-corrected chi connectivity index (χ4v) is 7.04. The van der Waals surface area contributed by atoms with Gasteiger partial charge in [0, 0.05) is 24.8 Å². The topological polar surface area (TPSA) is 155 Å². The number of hydrogen-bond donors (Lipinski definition) is 1. The zero-order valence-electron chi connectivity index (χ0n) is 34.1. The number of nitrogens with zero attached hydrogens (tertiary/aromatic N) is 5. The molecule has 1 aliphatic rings. The molecular formula is C44H47FN6O6S2. The fraction of sp³-hybridized carbons (Fsp3) is 0.273. The predicted octanol–water partition coefficient (Wildman–Crippen LogP) is 11.1. The molecule has 1 N–H and O–H groups in total. The molecule has 1 aromatic heterocycles. The number of halogens is 1. The van der Waals surface area contributed by atoms with Gasteiger partial charge >= 0.3 is 0 Å². The maximum Gasteiger partial charge on any atom is 0.293 e. The van der Waals surface area contributed by atoms with Crippen LogP contribution in [0.25, 0.3) is 23.2 Å². The third-order valence-corrected chi connectivity index (χ3v) is 10.5. The van der Waals surface area contributed by atoms with Crippen LogP contribution in [-0.2, 0) is 20.8 Å². The maximum atomic E-state index is 12.8. The zero-order valence-corrected chi connectivity index (χ0v) is 35.8. The van der Waals surface area contributed by atoms with Gasteiger partial charge in [0.25, 0.3) is 17.1 Å². The Hall–Kier alpha value is -5.93. The zero-order chi connectivity index (χ0) is 43.2. The van der Waals surface area contributed by atoms with E-state index in [1.165, 1.54) is 28.2 Å². The number of amides is 3. The molecule has 0 saturated carbocycles. The van der Waals surface area contributed by atoms with E-state index in [1.807, 2.05) is 56.3 Å². The van der Waals surface area contributed by atoms with Gasteiger partial charge in [-0.15, -0.1) is 4.91 Å². The summed E-state index contributed by atoms with van der Waals surface area (Å²) in [6.45, 7) is 13.8. The lowest BCUT2D eigenvalue weighted by Gasteiger charge is -2.22. The van der Waals surface area contributed by atoms with E-state index in [4.69, 9.17) is 4.63 Å². The molecule has 5 aromatic rings. The summed E-state index contributed by atoms with van der Waals surface area (Å²) < 4.78 is 17.5. The van der Waals surface area contributed by atoms with Crippen LogP contribution in [0.5, 0.6) is 0 Å². The van der Waals surface area contributed by atoms with Crippen LogP contribution >= 0.6 is 23.5 Å². The number of aryl methyl sites for hydroxylation is 1. The second-order valence-electron chi connectivity index (χ2n) is 14.1. The van der Waals surface area contributed by atoms with Crippen molar-refractivity contribution in [1.29, 1.82) is 0 Å². The number of benzene rings is 4. The van der Waals surface area contributed by atoms with Gasteiger partial charge in [-0.1, -0.05) is 75.4 Å². The molecule has 0 atom stereocenters. The van der Waals surface area contributed by atoms with Gasteiger partial charge in [0.2, 0.25) is 0 Å². The summed E-state index contributed by atoms with van der Waals surface area (Å²) in [6, 6.07) is 25.1. The number of thioether (sulfide) groups is 2. The van der Waals surface area contributed by atoms with Crippen molar-refractivity contribution in [2.75, 3.05) is 12.4 Å². The van der Waals surface area contributed by atoms with Crippen LogP contribution in [0.4, 0.5) is 26.2 Å². The van der Waals surface area contributed by atoms with E-state index in [2.05, 4.69) is 47.6 Å². The highest BCUT2D eigenvalue weighted by Gasteiger charge is 2.36. The Labute approximate surface area is 351 Å². The van der Waals surface area contributed by atoms with E-state index in [0.717, 1.165) is 46.9 Å². The summed E-state index contributed by atoms with van der Waals surface area (Å²) in [4.78, 5) is 61.1. The van der Waals surface area contributed by atoms with Gasteiger partial charge in [0.1, 0.15) is 11.5 Å². The average molecular weight is 839 g/mol. The molecule has 3 amide bonds. The number of carbonyl (C=O) groups is 4. The van der Waals surface area contributed by atoms with Crippen molar-refractivity contribution < 1.29 is 28.2 Å². The van der Waals surface area contributed by atoms with Crippen molar-refractivity contribution in [3.8, 4) is 0 Å². The lowest BCUT2D eigenvalue weighted by Crippen LogP contribution is -2.34. The summed E-state index contributed by atoms with van der Waals surface area (Å²) in [5, 5.41) is 13.6. The van der Waals surface area contributed by atoms with Crippen molar-refractivity contribution in [3.63, 3.8) is 0 Å². The van der Waals surface area contributed by atoms with Crippen LogP contribution < -0.4 is 5.32 Å². The minimum absolute atomic E-state index is 0.0978. The molecular weight excluding hydrogens is 792 g/mol. The Morgan fingerprint density at radius 1 is 0.915 bits per heavy atom. The van der Waals surface area contributed by atoms with E-state index in [1.54, 1.807) is 62.2 Å². The number of nitroso groups, excluding NO2 is 1. The lowest BCUT2D eigenvalue weighted by atomic mass is 10.0. The number of nitrogens with one attached hydrogen (secondary N) is 1. The highest BCUT2D eigenvalue weighted by molar-refractivity contribution is 8.18. The molecule has 0 radical (unpaired) electrons. The number of imide groups is 1. The first-order chi connectivity index (χ1) is 28.2. The molecule has 308 valence electrons. The lowest BCUT2D eigenvalue weighted by molar-refractivity contribution is -0.126. The molecule has 12 nitrogen and oxygen atoms in total. The number of carbonyl (C=O) groups excluding carboxylic acids is 4. The number of rotatable bonds is 12. The third-order valence-electron chi connectivity index (χ3n) is 9.02. The third kappa shape index (κ3) is 12.3. The molecule has 1 fully saturated rings. The largest absolute Gasteiger partial charge is 0.353 e. The SMILES string of the molecule is CC(C)N1C(=O)S/C(=C\c2ccc(F)cc2)C1=O.CC(C)c1ccccc1Nc1ccc(N=O)c2nonc12.CCc1ccc(/C=C(\SC=O)C(=O)N(C)C(C)C)cc1. The first-order valence-electron chi connectivity index (χ1n) is 18.8. The van der Waals surface area contributed by atoms with E-state index in [9.17, 15) is 28.5 Å². The minimum atomic E-state index is -0.331. The molecule has 1 saturated heterocycles. The van der Waals surface area contributed by atoms with Crippen LogP contribution in [0.15, 0.2) is 105 Å². The number of hydrogen-bond acceptors (Lipinski definition) is 12. The molecule has 15 heteroatoms. The number of aromatic nitrogens is 2. The Morgan fingerprint density at radius 2 is 1.56 bits per heavy atom. The van der Waals surface area contributed by atoms with Gasteiger partial charge < -0.3 is 10.2 Å². The normalized spacial score (nSPS) is 13.4. The van der Waals surface area contributed by atoms with Crippen molar-refractivity contribution in [2.24, 2.45) is 5.18 Å². The molecule has 0 unspecified atom stereocenters. The summed E-state index contributed by atoms with van der Waals surface area (Å²) in [5.41, 5.74) is 7.55. The van der Waals surface area contributed by atoms with Gasteiger partial charge in [-0.2, -0.15) is 0 Å². The Balaban J connectivity index is 0.000000196. The first-order valence-corrected chi connectivity index (χ1v) is 20.5. The summed E-state index contributed by atoms with van der Waals surface area (Å²) in [5.74, 6) is -0.362. The molecule has 59 heavy (non-hydrogen) atoms. The molecule has 0 bridgehead atoms. The van der Waals surface area contributed by atoms with Crippen LogP contribution in [0.1, 0.15) is 76.6 Å². The van der Waals surface area contributed by atoms with Gasteiger partial charge in [-0.3, -0.25) is 24.1 Å². The number of para-hydroxylation sites is 1. The smallest absolute Gasteiger partial charge is 0.293 e. The Bertz CT molecular complexity index is 2320. The second-order valence-corrected chi connectivity index (χ2v) is 15.9. The number of anilines is 2. The monoisotopic (exact) mass is 838 g/mol.